The van der Waals surface area contributed by atoms with E-state index in [4.69, 9.17) is 9.84 Å². The van der Waals surface area contributed by atoms with Gasteiger partial charge in [-0.25, -0.2) is 0 Å². The van der Waals surface area contributed by atoms with E-state index >= 15 is 0 Å². The third-order valence-corrected chi connectivity index (χ3v) is 5.95. The zero-order valence-electron chi connectivity index (χ0n) is 19.2. The van der Waals surface area contributed by atoms with Crippen LogP contribution in [-0.4, -0.2) is 32.1 Å². The van der Waals surface area contributed by atoms with Crippen molar-refractivity contribution in [1.29, 1.82) is 0 Å². The van der Waals surface area contributed by atoms with E-state index in [9.17, 15) is 4.79 Å². The number of methoxy groups -OCH3 is 1. The summed E-state index contributed by atoms with van der Waals surface area (Å²) in [6.07, 6.45) is 1.29. The topological polar surface area (TPSA) is 85.7 Å². The number of benzene rings is 3. The predicted octanol–water partition coefficient (Wildman–Crippen LogP) is 4.33. The second-order valence-electron chi connectivity index (χ2n) is 8.24. The van der Waals surface area contributed by atoms with Crippen molar-refractivity contribution in [1.82, 2.24) is 25.0 Å². The van der Waals surface area contributed by atoms with Crippen molar-refractivity contribution < 1.29 is 4.74 Å². The fourth-order valence-electron chi connectivity index (χ4n) is 4.07. The molecule has 0 fully saturated rings. The molecule has 34 heavy (non-hydrogen) atoms. The fourth-order valence-corrected chi connectivity index (χ4v) is 4.07. The van der Waals surface area contributed by atoms with Crippen molar-refractivity contribution in [3.63, 3.8) is 0 Å². The lowest BCUT2D eigenvalue weighted by Gasteiger charge is -2.06. The second kappa shape index (κ2) is 9.31. The number of aromatic amines is 1. The Bertz CT molecular complexity index is 1490. The third kappa shape index (κ3) is 4.45. The lowest BCUT2D eigenvalue weighted by Crippen LogP contribution is -2.18. The van der Waals surface area contributed by atoms with Gasteiger partial charge in [0.1, 0.15) is 11.4 Å². The molecule has 0 amide bonds. The van der Waals surface area contributed by atoms with E-state index in [-0.39, 0.29) is 5.56 Å². The molecule has 3 aromatic carbocycles. The van der Waals surface area contributed by atoms with E-state index in [1.54, 1.807) is 7.11 Å². The van der Waals surface area contributed by atoms with Crippen LogP contribution in [0.4, 0.5) is 0 Å². The van der Waals surface area contributed by atoms with E-state index in [0.29, 0.717) is 24.5 Å². The summed E-state index contributed by atoms with van der Waals surface area (Å²) in [4.78, 5) is 16.9. The molecule has 0 unspecified atom stereocenters. The first kappa shape index (κ1) is 21.6. The standard InChI is InChI=1S/C27H25N5O2/c1-18-23-16-21(11-15-25(23)32(31-18)17-20-8-12-22(34-2)13-9-20)26-28-27(33)24(29-30-26)14-10-19-6-4-3-5-7-19/h3-9,11-13,15-16H,10,14,17H2,1-2H3,(H,28,30,33). The van der Waals surface area contributed by atoms with Gasteiger partial charge < -0.3 is 4.74 Å². The van der Waals surface area contributed by atoms with E-state index in [1.807, 2.05) is 84.4 Å². The number of fused-ring (bicyclic) bond motifs is 1. The van der Waals surface area contributed by atoms with Crippen molar-refractivity contribution in [2.75, 3.05) is 7.11 Å². The number of nitrogens with one attached hydrogen (secondary N) is 1. The molecule has 0 atom stereocenters. The van der Waals surface area contributed by atoms with Crippen LogP contribution < -0.4 is 10.3 Å². The molecule has 0 aliphatic carbocycles. The zero-order chi connectivity index (χ0) is 23.5. The molecule has 0 bridgehead atoms. The monoisotopic (exact) mass is 451 g/mol. The highest BCUT2D eigenvalue weighted by Crippen LogP contribution is 2.25. The van der Waals surface area contributed by atoms with Crippen molar-refractivity contribution in [3.8, 4) is 17.1 Å². The van der Waals surface area contributed by atoms with Gasteiger partial charge in [-0.2, -0.15) is 15.2 Å². The molecular formula is C27H25N5O2. The highest BCUT2D eigenvalue weighted by molar-refractivity contribution is 5.86. The summed E-state index contributed by atoms with van der Waals surface area (Å²) in [7, 11) is 1.66. The van der Waals surface area contributed by atoms with Gasteiger partial charge in [0.25, 0.3) is 5.56 Å². The molecule has 170 valence electrons. The van der Waals surface area contributed by atoms with E-state index in [1.165, 1.54) is 5.56 Å². The number of ether oxygens (including phenoxy) is 1. The summed E-state index contributed by atoms with van der Waals surface area (Å²) in [5, 5.41) is 13.0. The minimum absolute atomic E-state index is 0.295. The van der Waals surface area contributed by atoms with Crippen LogP contribution in [-0.2, 0) is 19.4 Å². The average molecular weight is 452 g/mol. The molecule has 0 aliphatic rings. The van der Waals surface area contributed by atoms with Crippen LogP contribution >= 0.6 is 0 Å². The van der Waals surface area contributed by atoms with Gasteiger partial charge in [-0.3, -0.25) is 14.6 Å². The summed E-state index contributed by atoms with van der Waals surface area (Å²) >= 11 is 0. The molecule has 7 heteroatoms. The SMILES string of the molecule is COc1ccc(Cn2nc(C)c3cc(-c4nc(=O)c(CCc5ccccc5)n[nH]4)ccc32)cc1. The van der Waals surface area contributed by atoms with Gasteiger partial charge in [0, 0.05) is 17.4 Å². The maximum Gasteiger partial charge on any atom is 0.295 e. The molecule has 0 spiro atoms. The Hall–Kier alpha value is -4.26. The highest BCUT2D eigenvalue weighted by atomic mass is 16.5. The molecule has 2 heterocycles. The predicted molar refractivity (Wildman–Crippen MR) is 132 cm³/mol. The normalized spacial score (nSPS) is 11.1. The van der Waals surface area contributed by atoms with Crippen LogP contribution in [0, 0.1) is 6.92 Å². The molecule has 0 aliphatic heterocycles. The summed E-state index contributed by atoms with van der Waals surface area (Å²) < 4.78 is 7.22. The highest BCUT2D eigenvalue weighted by Gasteiger charge is 2.12. The zero-order valence-corrected chi connectivity index (χ0v) is 19.2. The molecule has 5 rings (SSSR count). The van der Waals surface area contributed by atoms with E-state index < -0.39 is 0 Å². The number of rotatable bonds is 7. The van der Waals surface area contributed by atoms with Crippen molar-refractivity contribution >= 4 is 10.9 Å². The van der Waals surface area contributed by atoms with Gasteiger partial charge in [-0.05, 0) is 54.8 Å². The lowest BCUT2D eigenvalue weighted by molar-refractivity contribution is 0.414. The summed E-state index contributed by atoms with van der Waals surface area (Å²) in [5.41, 5.74) is 5.19. The number of hydrogen-bond donors (Lipinski definition) is 1. The maximum absolute atomic E-state index is 12.6. The molecule has 2 aromatic heterocycles. The van der Waals surface area contributed by atoms with Crippen molar-refractivity contribution in [3.05, 3.63) is 106 Å². The summed E-state index contributed by atoms with van der Waals surface area (Å²) in [6.45, 7) is 2.64. The van der Waals surface area contributed by atoms with Crippen LogP contribution in [0.3, 0.4) is 0 Å². The third-order valence-electron chi connectivity index (χ3n) is 5.95. The minimum atomic E-state index is -0.295. The number of aromatic nitrogens is 5. The largest absolute Gasteiger partial charge is 0.497 e. The molecule has 0 saturated carbocycles. The Morgan fingerprint density at radius 2 is 1.74 bits per heavy atom. The second-order valence-corrected chi connectivity index (χ2v) is 8.24. The maximum atomic E-state index is 12.6. The number of nitrogens with zero attached hydrogens (tertiary/aromatic N) is 4. The fraction of sp³-hybridized carbons (Fsp3) is 0.185. The van der Waals surface area contributed by atoms with Gasteiger partial charge >= 0.3 is 0 Å². The number of hydrogen-bond acceptors (Lipinski definition) is 5. The summed E-state index contributed by atoms with van der Waals surface area (Å²) in [5.74, 6) is 1.29. The molecule has 1 N–H and O–H groups in total. The first-order valence-electron chi connectivity index (χ1n) is 11.2. The first-order valence-corrected chi connectivity index (χ1v) is 11.2. The Balaban J connectivity index is 1.38. The van der Waals surface area contributed by atoms with E-state index in [0.717, 1.165) is 39.9 Å². The number of aryl methyl sites for hydroxylation is 3. The van der Waals surface area contributed by atoms with Gasteiger partial charge in [-0.15, -0.1) is 0 Å². The Morgan fingerprint density at radius 1 is 0.941 bits per heavy atom. The quantitative estimate of drug-likeness (QED) is 0.398. The van der Waals surface area contributed by atoms with Crippen molar-refractivity contribution in [2.24, 2.45) is 0 Å². The van der Waals surface area contributed by atoms with Crippen LogP contribution in [0.2, 0.25) is 0 Å². The summed E-state index contributed by atoms with van der Waals surface area (Å²) in [6, 6.07) is 24.0. The molecule has 7 nitrogen and oxygen atoms in total. The number of H-pyrrole nitrogens is 1. The molecular weight excluding hydrogens is 426 g/mol. The van der Waals surface area contributed by atoms with Gasteiger partial charge in [0.05, 0.1) is 24.9 Å². The Labute approximate surface area is 197 Å². The van der Waals surface area contributed by atoms with Crippen LogP contribution in [0.5, 0.6) is 5.75 Å². The smallest absolute Gasteiger partial charge is 0.295 e. The van der Waals surface area contributed by atoms with Crippen molar-refractivity contribution in [2.45, 2.75) is 26.3 Å². The molecule has 0 radical (unpaired) electrons. The Kier molecular flexibility index (Phi) is 5.91. The average Bonchev–Trinajstić information content (AvgIpc) is 3.18. The van der Waals surface area contributed by atoms with Gasteiger partial charge in [0.2, 0.25) is 0 Å². The van der Waals surface area contributed by atoms with Crippen LogP contribution in [0.15, 0.2) is 77.6 Å². The Morgan fingerprint density at radius 3 is 2.47 bits per heavy atom. The lowest BCUT2D eigenvalue weighted by atomic mass is 10.1. The van der Waals surface area contributed by atoms with E-state index in [2.05, 4.69) is 15.2 Å². The first-order chi connectivity index (χ1) is 16.6. The van der Waals surface area contributed by atoms with Crippen LogP contribution in [0.25, 0.3) is 22.3 Å². The van der Waals surface area contributed by atoms with Crippen LogP contribution in [0.1, 0.15) is 22.5 Å². The molecule has 5 aromatic rings. The van der Waals surface area contributed by atoms with Gasteiger partial charge in [0.15, 0.2) is 5.82 Å². The molecule has 0 saturated heterocycles. The van der Waals surface area contributed by atoms with Gasteiger partial charge in [-0.1, -0.05) is 42.5 Å². The minimum Gasteiger partial charge on any atom is -0.497 e.